The fourth-order valence-electron chi connectivity index (χ4n) is 1.93. The van der Waals surface area contributed by atoms with Gasteiger partial charge in [0.1, 0.15) is 6.04 Å². The third-order valence-electron chi connectivity index (χ3n) is 3.11. The van der Waals surface area contributed by atoms with Gasteiger partial charge < -0.3 is 10.2 Å². The zero-order chi connectivity index (χ0) is 13.3. The highest BCUT2D eigenvalue weighted by Gasteiger charge is 2.35. The van der Waals surface area contributed by atoms with Crippen LogP contribution in [-0.2, 0) is 9.59 Å². The molecule has 1 N–H and O–H groups in total. The predicted octanol–water partition coefficient (Wildman–Crippen LogP) is 0.922. The highest BCUT2D eigenvalue weighted by atomic mass is 16.2. The average molecular weight is 247 g/mol. The summed E-state index contributed by atoms with van der Waals surface area (Å²) in [7, 11) is 5.45. The van der Waals surface area contributed by atoms with E-state index in [1.54, 1.807) is 0 Å². The Kier molecular flexibility index (Phi) is 3.23. The smallest absolute Gasteiger partial charge is 0.251 e. The highest BCUT2D eigenvalue weighted by Crippen LogP contribution is 2.20. The zero-order valence-corrected chi connectivity index (χ0v) is 10.8. The van der Waals surface area contributed by atoms with Crippen LogP contribution in [0.15, 0.2) is 24.3 Å². The number of benzene rings is 1. The summed E-state index contributed by atoms with van der Waals surface area (Å²) in [6, 6.07) is 7.31. The number of hydrogen-bond donors (Lipinski definition) is 1. The zero-order valence-electron chi connectivity index (χ0n) is 10.8. The fourth-order valence-corrected chi connectivity index (χ4v) is 1.93. The number of likely N-dealkylation sites (N-methyl/N-ethyl adjacent to an activating group) is 1. The van der Waals surface area contributed by atoms with Crippen molar-refractivity contribution in [2.24, 2.45) is 0 Å². The van der Waals surface area contributed by atoms with E-state index in [1.165, 1.54) is 11.9 Å². The summed E-state index contributed by atoms with van der Waals surface area (Å²) in [5, 5.41) is 3.09. The van der Waals surface area contributed by atoms with E-state index in [4.69, 9.17) is 0 Å². The van der Waals surface area contributed by atoms with Gasteiger partial charge in [0.05, 0.1) is 6.42 Å². The first kappa shape index (κ1) is 12.4. The Morgan fingerprint density at radius 2 is 1.83 bits per heavy atom. The van der Waals surface area contributed by atoms with E-state index in [0.717, 1.165) is 11.4 Å². The van der Waals surface area contributed by atoms with Crippen LogP contribution in [0.5, 0.6) is 0 Å². The van der Waals surface area contributed by atoms with Crippen molar-refractivity contribution in [3.8, 4) is 0 Å². The van der Waals surface area contributed by atoms with Gasteiger partial charge in [-0.2, -0.15) is 0 Å². The minimum atomic E-state index is -0.437. The van der Waals surface area contributed by atoms with E-state index < -0.39 is 6.04 Å². The fraction of sp³-hybridized carbons (Fsp3) is 0.385. The van der Waals surface area contributed by atoms with E-state index in [-0.39, 0.29) is 18.2 Å². The van der Waals surface area contributed by atoms with Crippen molar-refractivity contribution in [2.45, 2.75) is 12.5 Å². The van der Waals surface area contributed by atoms with Crippen LogP contribution in [0.2, 0.25) is 0 Å². The molecule has 0 saturated carbocycles. The maximum Gasteiger partial charge on any atom is 0.251 e. The number of likely N-dealkylation sites (tertiary alicyclic amines) is 1. The first-order chi connectivity index (χ1) is 8.49. The number of rotatable bonds is 3. The number of carbonyl (C=O) groups is 2. The molecular formula is C13H17N3O2. The molecular weight excluding hydrogens is 230 g/mol. The molecule has 0 spiro atoms. The Labute approximate surface area is 106 Å². The van der Waals surface area contributed by atoms with Crippen molar-refractivity contribution >= 4 is 23.2 Å². The third kappa shape index (κ3) is 2.30. The summed E-state index contributed by atoms with van der Waals surface area (Å²) in [5.74, 6) is -0.306. The molecule has 1 saturated heterocycles. The van der Waals surface area contributed by atoms with Crippen LogP contribution in [0.1, 0.15) is 6.42 Å². The Morgan fingerprint density at radius 1 is 1.22 bits per heavy atom. The molecule has 2 rings (SSSR count). The number of anilines is 2. The molecule has 1 fully saturated rings. The average Bonchev–Trinajstić information content (AvgIpc) is 2.58. The van der Waals surface area contributed by atoms with Crippen molar-refractivity contribution in [3.63, 3.8) is 0 Å². The lowest BCUT2D eigenvalue weighted by atomic mass is 10.2. The van der Waals surface area contributed by atoms with Crippen LogP contribution in [0, 0.1) is 0 Å². The normalized spacial score (nSPS) is 19.3. The maximum absolute atomic E-state index is 11.7. The lowest BCUT2D eigenvalue weighted by molar-refractivity contribution is -0.136. The van der Waals surface area contributed by atoms with Gasteiger partial charge in [0, 0.05) is 32.5 Å². The Morgan fingerprint density at radius 3 is 2.28 bits per heavy atom. The van der Waals surface area contributed by atoms with Crippen LogP contribution < -0.4 is 10.2 Å². The monoisotopic (exact) mass is 247 g/mol. The van der Waals surface area contributed by atoms with E-state index in [1.807, 2.05) is 43.3 Å². The largest absolute Gasteiger partial charge is 0.378 e. The van der Waals surface area contributed by atoms with Gasteiger partial charge in [-0.1, -0.05) is 0 Å². The van der Waals surface area contributed by atoms with Crippen molar-refractivity contribution in [3.05, 3.63) is 24.3 Å². The lowest BCUT2D eigenvalue weighted by Crippen LogP contribution is -2.31. The Hall–Kier alpha value is -2.04. The summed E-state index contributed by atoms with van der Waals surface area (Å²) >= 11 is 0. The van der Waals surface area contributed by atoms with Crippen LogP contribution >= 0.6 is 0 Å². The molecule has 0 aliphatic carbocycles. The van der Waals surface area contributed by atoms with Gasteiger partial charge >= 0.3 is 0 Å². The molecule has 2 amide bonds. The molecule has 1 aromatic rings. The summed E-state index contributed by atoms with van der Waals surface area (Å²) < 4.78 is 0. The first-order valence-electron chi connectivity index (χ1n) is 5.83. The van der Waals surface area contributed by atoms with Crippen LogP contribution in [-0.4, -0.2) is 43.9 Å². The standard InChI is InChI=1S/C13H17N3O2/c1-15(2)10-6-4-9(5-7-10)14-11-8-12(17)16(3)13(11)18/h4-7,11,14H,8H2,1-3H3/t11-/m1/s1. The van der Waals surface area contributed by atoms with Crippen molar-refractivity contribution in [1.82, 2.24) is 4.90 Å². The second-order valence-electron chi connectivity index (χ2n) is 4.63. The Bertz CT molecular complexity index is 468. The van der Waals surface area contributed by atoms with E-state index in [0.29, 0.717) is 0 Å². The number of nitrogens with zero attached hydrogens (tertiary/aromatic N) is 2. The van der Waals surface area contributed by atoms with Gasteiger partial charge in [-0.05, 0) is 24.3 Å². The van der Waals surface area contributed by atoms with Gasteiger partial charge in [0.2, 0.25) is 5.91 Å². The van der Waals surface area contributed by atoms with Crippen molar-refractivity contribution in [1.29, 1.82) is 0 Å². The molecule has 5 nitrogen and oxygen atoms in total. The molecule has 0 unspecified atom stereocenters. The predicted molar refractivity (Wildman–Crippen MR) is 70.6 cm³/mol. The van der Waals surface area contributed by atoms with E-state index in [2.05, 4.69) is 5.32 Å². The van der Waals surface area contributed by atoms with Gasteiger partial charge in [-0.15, -0.1) is 0 Å². The summed E-state index contributed by atoms with van der Waals surface area (Å²) in [6.45, 7) is 0. The van der Waals surface area contributed by atoms with Gasteiger partial charge in [-0.25, -0.2) is 0 Å². The second kappa shape index (κ2) is 4.68. The minimum absolute atomic E-state index is 0.137. The molecule has 5 heteroatoms. The molecule has 0 radical (unpaired) electrons. The van der Waals surface area contributed by atoms with E-state index in [9.17, 15) is 9.59 Å². The summed E-state index contributed by atoms with van der Waals surface area (Å²) in [5.41, 5.74) is 1.94. The molecule has 1 atom stereocenters. The van der Waals surface area contributed by atoms with Gasteiger partial charge in [-0.3, -0.25) is 14.5 Å². The molecule has 1 aromatic carbocycles. The third-order valence-corrected chi connectivity index (χ3v) is 3.11. The number of amides is 2. The summed E-state index contributed by atoms with van der Waals surface area (Å²) in [6.07, 6.45) is 0.227. The van der Waals surface area contributed by atoms with Crippen molar-refractivity contribution in [2.75, 3.05) is 31.4 Å². The minimum Gasteiger partial charge on any atom is -0.378 e. The Balaban J connectivity index is 2.06. The highest BCUT2D eigenvalue weighted by molar-refractivity contribution is 6.06. The van der Waals surface area contributed by atoms with Gasteiger partial charge in [0.15, 0.2) is 0 Å². The molecule has 0 bridgehead atoms. The number of nitrogens with one attached hydrogen (secondary N) is 1. The van der Waals surface area contributed by atoms with E-state index >= 15 is 0 Å². The van der Waals surface area contributed by atoms with Crippen molar-refractivity contribution < 1.29 is 9.59 Å². The van der Waals surface area contributed by atoms with Crippen LogP contribution in [0.25, 0.3) is 0 Å². The molecule has 1 heterocycles. The molecule has 1 aliphatic heterocycles. The quantitative estimate of drug-likeness (QED) is 0.807. The molecule has 18 heavy (non-hydrogen) atoms. The van der Waals surface area contributed by atoms with Crippen LogP contribution in [0.3, 0.4) is 0 Å². The van der Waals surface area contributed by atoms with Crippen LogP contribution in [0.4, 0.5) is 11.4 Å². The number of carbonyl (C=O) groups excluding carboxylic acids is 2. The maximum atomic E-state index is 11.7. The molecule has 1 aliphatic rings. The number of imide groups is 1. The first-order valence-corrected chi connectivity index (χ1v) is 5.83. The molecule has 0 aromatic heterocycles. The lowest BCUT2D eigenvalue weighted by Gasteiger charge is -2.15. The summed E-state index contributed by atoms with van der Waals surface area (Å²) in [4.78, 5) is 26.3. The SMILES string of the molecule is CN1C(=O)C[C@@H](Nc2ccc(N(C)C)cc2)C1=O. The topological polar surface area (TPSA) is 52.7 Å². The number of hydrogen-bond acceptors (Lipinski definition) is 4. The second-order valence-corrected chi connectivity index (χ2v) is 4.63. The van der Waals surface area contributed by atoms with Gasteiger partial charge in [0.25, 0.3) is 5.91 Å². The molecule has 96 valence electrons.